The molecule has 0 atom stereocenters. The van der Waals surface area contributed by atoms with Crippen LogP contribution in [0.25, 0.3) is 0 Å². The summed E-state index contributed by atoms with van der Waals surface area (Å²) in [5.41, 5.74) is 0.137. The fraction of sp³-hybridized carbons (Fsp3) is 0.500. The second-order valence-electron chi connectivity index (χ2n) is 3.99. The lowest BCUT2D eigenvalue weighted by molar-refractivity contribution is 0.0692. The van der Waals surface area contributed by atoms with Crippen LogP contribution in [0, 0.1) is 0 Å². The first-order chi connectivity index (χ1) is 7.98. The number of carboxylic acid groups (broad SMARTS) is 1. The normalized spacial score (nSPS) is 20.2. The first kappa shape index (κ1) is 12.1. The van der Waals surface area contributed by atoms with Gasteiger partial charge in [-0.1, -0.05) is 0 Å². The summed E-state index contributed by atoms with van der Waals surface area (Å²) in [6.07, 6.45) is 1.33. The molecule has 2 heterocycles. The summed E-state index contributed by atoms with van der Waals surface area (Å²) in [4.78, 5) is 12.7. The third-order valence-corrected chi connectivity index (χ3v) is 4.39. The number of furan rings is 1. The van der Waals surface area contributed by atoms with Crippen LogP contribution in [0.2, 0.25) is 0 Å². The molecule has 6 nitrogen and oxygen atoms in total. The first-order valence-corrected chi connectivity index (χ1v) is 7.02. The highest BCUT2D eigenvalue weighted by Crippen LogP contribution is 2.15. The lowest BCUT2D eigenvalue weighted by Gasteiger charge is -2.25. The Morgan fingerprint density at radius 1 is 1.41 bits per heavy atom. The van der Waals surface area contributed by atoms with E-state index in [4.69, 9.17) is 9.52 Å². The Morgan fingerprint density at radius 3 is 2.65 bits per heavy atom. The quantitative estimate of drug-likeness (QED) is 0.834. The predicted molar refractivity (Wildman–Crippen MR) is 59.6 cm³/mol. The zero-order chi connectivity index (χ0) is 12.5. The minimum Gasteiger partial charge on any atom is -0.478 e. The van der Waals surface area contributed by atoms with Crippen LogP contribution in [0.3, 0.4) is 0 Å². The van der Waals surface area contributed by atoms with E-state index in [0.717, 1.165) is 0 Å². The van der Waals surface area contributed by atoms with Crippen molar-refractivity contribution < 1.29 is 22.7 Å². The molecule has 0 bridgehead atoms. The summed E-state index contributed by atoms with van der Waals surface area (Å²) in [7, 11) is -2.91. The average Bonchev–Trinajstić information content (AvgIpc) is 2.69. The van der Waals surface area contributed by atoms with Gasteiger partial charge in [-0.25, -0.2) is 13.2 Å². The maximum absolute atomic E-state index is 11.2. The van der Waals surface area contributed by atoms with Crippen LogP contribution in [0.1, 0.15) is 16.1 Å². The molecule has 0 spiro atoms. The molecule has 1 aromatic heterocycles. The van der Waals surface area contributed by atoms with Gasteiger partial charge in [0.25, 0.3) is 0 Å². The van der Waals surface area contributed by atoms with Gasteiger partial charge in [0.15, 0.2) is 9.84 Å². The Balaban J connectivity index is 2.02. The topological polar surface area (TPSA) is 87.8 Å². The molecule has 94 valence electrons. The van der Waals surface area contributed by atoms with Gasteiger partial charge in [-0.3, -0.25) is 4.90 Å². The van der Waals surface area contributed by atoms with Crippen molar-refractivity contribution in [2.24, 2.45) is 0 Å². The van der Waals surface area contributed by atoms with E-state index in [-0.39, 0.29) is 17.1 Å². The van der Waals surface area contributed by atoms with E-state index in [1.165, 1.54) is 12.3 Å². The Bertz CT molecular complexity index is 505. The lowest BCUT2D eigenvalue weighted by Crippen LogP contribution is -2.39. The fourth-order valence-corrected chi connectivity index (χ4v) is 3.04. The second-order valence-corrected chi connectivity index (χ2v) is 6.29. The molecule has 0 unspecified atom stereocenters. The molecule has 1 aromatic rings. The molecular formula is C10H13NO5S. The van der Waals surface area contributed by atoms with Crippen molar-refractivity contribution in [2.75, 3.05) is 24.6 Å². The van der Waals surface area contributed by atoms with E-state index >= 15 is 0 Å². The smallest absolute Gasteiger partial charge is 0.339 e. The molecular weight excluding hydrogens is 246 g/mol. The first-order valence-electron chi connectivity index (χ1n) is 5.20. The zero-order valence-electron chi connectivity index (χ0n) is 9.13. The maximum atomic E-state index is 11.2. The van der Waals surface area contributed by atoms with Crippen LogP contribution < -0.4 is 0 Å². The van der Waals surface area contributed by atoms with E-state index in [0.29, 0.717) is 25.4 Å². The third-order valence-electron chi connectivity index (χ3n) is 2.78. The van der Waals surface area contributed by atoms with Gasteiger partial charge in [0.1, 0.15) is 11.3 Å². The molecule has 0 radical (unpaired) electrons. The van der Waals surface area contributed by atoms with Crippen LogP contribution in [0.5, 0.6) is 0 Å². The molecule has 2 rings (SSSR count). The zero-order valence-corrected chi connectivity index (χ0v) is 9.94. The lowest BCUT2D eigenvalue weighted by atomic mass is 10.2. The molecule has 1 aliphatic rings. The average molecular weight is 259 g/mol. The summed E-state index contributed by atoms with van der Waals surface area (Å²) in [6, 6.07) is 1.40. The molecule has 0 saturated carbocycles. The molecule has 0 aliphatic carbocycles. The van der Waals surface area contributed by atoms with Gasteiger partial charge >= 0.3 is 5.97 Å². The second kappa shape index (κ2) is 4.50. The SMILES string of the molecule is O=C(O)c1ccoc1CN1CCS(=O)(=O)CC1. The monoisotopic (exact) mass is 259 g/mol. The minimum atomic E-state index is -2.91. The van der Waals surface area contributed by atoms with Crippen molar-refractivity contribution in [3.05, 3.63) is 23.7 Å². The Kier molecular flexibility index (Phi) is 3.21. The molecule has 17 heavy (non-hydrogen) atoms. The summed E-state index contributed by atoms with van der Waals surface area (Å²) in [5.74, 6) is -0.415. The number of carbonyl (C=O) groups is 1. The van der Waals surface area contributed by atoms with E-state index < -0.39 is 15.8 Å². The highest BCUT2D eigenvalue weighted by molar-refractivity contribution is 7.91. The number of nitrogens with zero attached hydrogens (tertiary/aromatic N) is 1. The van der Waals surface area contributed by atoms with Crippen molar-refractivity contribution in [3.8, 4) is 0 Å². The number of aromatic carboxylic acids is 1. The maximum Gasteiger partial charge on any atom is 0.339 e. The van der Waals surface area contributed by atoms with Crippen LogP contribution >= 0.6 is 0 Å². The van der Waals surface area contributed by atoms with E-state index in [1.54, 1.807) is 0 Å². The minimum absolute atomic E-state index is 0.121. The predicted octanol–water partition coefficient (Wildman–Crippen LogP) is 0.208. The summed E-state index contributed by atoms with van der Waals surface area (Å²) in [5, 5.41) is 8.89. The Labute approximate surface area is 98.8 Å². The summed E-state index contributed by atoms with van der Waals surface area (Å²) in [6.45, 7) is 1.17. The van der Waals surface area contributed by atoms with Crippen molar-refractivity contribution in [2.45, 2.75) is 6.54 Å². The van der Waals surface area contributed by atoms with Gasteiger partial charge in [-0.05, 0) is 6.07 Å². The third kappa shape index (κ3) is 2.86. The van der Waals surface area contributed by atoms with Gasteiger partial charge in [0.05, 0.1) is 24.3 Å². The van der Waals surface area contributed by atoms with Crippen LogP contribution in [0.4, 0.5) is 0 Å². The van der Waals surface area contributed by atoms with Crippen molar-refractivity contribution in [1.82, 2.24) is 4.90 Å². The van der Waals surface area contributed by atoms with Gasteiger partial charge in [-0.2, -0.15) is 0 Å². The van der Waals surface area contributed by atoms with Gasteiger partial charge in [0.2, 0.25) is 0 Å². The van der Waals surface area contributed by atoms with Crippen LogP contribution in [-0.2, 0) is 16.4 Å². The molecule has 1 N–H and O–H groups in total. The highest BCUT2D eigenvalue weighted by Gasteiger charge is 2.24. The van der Waals surface area contributed by atoms with Crippen molar-refractivity contribution in [1.29, 1.82) is 0 Å². The molecule has 1 saturated heterocycles. The summed E-state index contributed by atoms with van der Waals surface area (Å²) >= 11 is 0. The van der Waals surface area contributed by atoms with Crippen LogP contribution in [0.15, 0.2) is 16.7 Å². The van der Waals surface area contributed by atoms with Crippen molar-refractivity contribution in [3.63, 3.8) is 0 Å². The molecule has 0 aromatic carbocycles. The number of hydrogen-bond donors (Lipinski definition) is 1. The number of rotatable bonds is 3. The number of sulfone groups is 1. The van der Waals surface area contributed by atoms with Gasteiger partial charge in [0, 0.05) is 13.1 Å². The van der Waals surface area contributed by atoms with E-state index in [9.17, 15) is 13.2 Å². The summed E-state index contributed by atoms with van der Waals surface area (Å²) < 4.78 is 27.6. The largest absolute Gasteiger partial charge is 0.478 e. The molecule has 0 amide bonds. The fourth-order valence-electron chi connectivity index (χ4n) is 1.77. The standard InChI is InChI=1S/C10H13NO5S/c12-10(13)8-1-4-16-9(8)7-11-2-5-17(14,15)6-3-11/h1,4H,2-3,5-7H2,(H,12,13). The van der Waals surface area contributed by atoms with Crippen LogP contribution in [-0.4, -0.2) is 49.0 Å². The molecule has 1 fully saturated rings. The van der Waals surface area contributed by atoms with Gasteiger partial charge < -0.3 is 9.52 Å². The Morgan fingerprint density at radius 2 is 2.06 bits per heavy atom. The number of hydrogen-bond acceptors (Lipinski definition) is 5. The van der Waals surface area contributed by atoms with E-state index in [2.05, 4.69) is 0 Å². The van der Waals surface area contributed by atoms with Gasteiger partial charge in [-0.15, -0.1) is 0 Å². The van der Waals surface area contributed by atoms with E-state index in [1.807, 2.05) is 4.90 Å². The molecule has 7 heteroatoms. The highest BCUT2D eigenvalue weighted by atomic mass is 32.2. The Hall–Kier alpha value is -1.34. The molecule has 1 aliphatic heterocycles. The van der Waals surface area contributed by atoms with Crippen molar-refractivity contribution >= 4 is 15.8 Å². The number of carboxylic acids is 1.